The van der Waals surface area contributed by atoms with E-state index in [-0.39, 0.29) is 11.7 Å². The first kappa shape index (κ1) is 20.1. The van der Waals surface area contributed by atoms with E-state index in [1.807, 2.05) is 10.7 Å². The van der Waals surface area contributed by atoms with Crippen LogP contribution in [0.3, 0.4) is 0 Å². The van der Waals surface area contributed by atoms with Crippen LogP contribution < -0.4 is 5.73 Å². The average molecular weight is 428 g/mol. The van der Waals surface area contributed by atoms with Gasteiger partial charge in [-0.1, -0.05) is 18.2 Å². The number of fused-ring (bicyclic) bond motifs is 3. The lowest BCUT2D eigenvalue weighted by Gasteiger charge is -2.36. The molecule has 2 aliphatic heterocycles. The van der Waals surface area contributed by atoms with Crippen molar-refractivity contribution in [3.05, 3.63) is 53.7 Å². The van der Waals surface area contributed by atoms with Gasteiger partial charge in [0, 0.05) is 17.5 Å². The molecule has 2 atom stereocenters. The first-order valence-corrected chi connectivity index (χ1v) is 10.4. The number of halogens is 3. The maximum atomic E-state index is 13.2. The highest BCUT2D eigenvalue weighted by atomic mass is 19.4. The second-order valence-corrected chi connectivity index (χ2v) is 8.64. The van der Waals surface area contributed by atoms with Crippen molar-refractivity contribution in [2.24, 2.45) is 5.73 Å². The van der Waals surface area contributed by atoms with Crippen molar-refractivity contribution in [2.45, 2.75) is 50.0 Å². The Labute approximate surface area is 177 Å². The van der Waals surface area contributed by atoms with Crippen LogP contribution in [0.1, 0.15) is 47.8 Å². The smallest absolute Gasteiger partial charge is 0.364 e. The summed E-state index contributed by atoms with van der Waals surface area (Å²) in [6, 6.07) is 11.6. The van der Waals surface area contributed by atoms with E-state index >= 15 is 0 Å². The summed E-state index contributed by atoms with van der Waals surface area (Å²) in [5.41, 5.74) is 6.94. The van der Waals surface area contributed by atoms with Crippen LogP contribution in [0.5, 0.6) is 0 Å². The largest absolute Gasteiger partial charge is 0.416 e. The number of carbonyl (C=O) groups excluding carboxylic acids is 1. The number of alkyl halides is 3. The number of amides is 1. The molecular weight excluding hydrogens is 405 g/mol. The fourth-order valence-corrected chi connectivity index (χ4v) is 5.23. The molecule has 31 heavy (non-hydrogen) atoms. The van der Waals surface area contributed by atoms with Crippen LogP contribution >= 0.6 is 0 Å². The van der Waals surface area contributed by atoms with Gasteiger partial charge in [-0.2, -0.15) is 18.3 Å². The van der Waals surface area contributed by atoms with Crippen molar-refractivity contribution < 1.29 is 18.0 Å². The summed E-state index contributed by atoms with van der Waals surface area (Å²) in [6.07, 6.45) is -0.260. The molecule has 0 radical (unpaired) electrons. The molecule has 2 bridgehead atoms. The lowest BCUT2D eigenvalue weighted by molar-refractivity contribution is -0.137. The molecule has 0 saturated carbocycles. The first-order valence-electron chi connectivity index (χ1n) is 10.4. The van der Waals surface area contributed by atoms with Gasteiger partial charge < -0.3 is 10.6 Å². The van der Waals surface area contributed by atoms with Crippen LogP contribution in [-0.4, -0.2) is 39.7 Å². The highest BCUT2D eigenvalue weighted by Gasteiger charge is 2.40. The van der Waals surface area contributed by atoms with E-state index in [0.29, 0.717) is 28.6 Å². The van der Waals surface area contributed by atoms with Crippen molar-refractivity contribution in [3.63, 3.8) is 0 Å². The lowest BCUT2D eigenvalue weighted by atomic mass is 9.97. The van der Waals surface area contributed by atoms with Crippen molar-refractivity contribution in [2.75, 3.05) is 7.05 Å². The number of hydrogen-bond acceptors (Lipinski definition) is 3. The molecule has 3 aromatic rings. The predicted molar refractivity (Wildman–Crippen MR) is 112 cm³/mol. The highest BCUT2D eigenvalue weighted by Crippen LogP contribution is 2.41. The minimum atomic E-state index is -4.41. The van der Waals surface area contributed by atoms with Crippen LogP contribution in [0, 0.1) is 0 Å². The molecule has 5 nitrogen and oxygen atoms in total. The number of aromatic nitrogens is 2. The van der Waals surface area contributed by atoms with Gasteiger partial charge in [0.05, 0.1) is 17.1 Å². The zero-order chi connectivity index (χ0) is 21.9. The number of nitrogens with zero attached hydrogens (tertiary/aromatic N) is 3. The van der Waals surface area contributed by atoms with Gasteiger partial charge in [-0.25, -0.2) is 0 Å². The summed E-state index contributed by atoms with van der Waals surface area (Å²) < 4.78 is 41.4. The number of carbonyl (C=O) groups is 1. The van der Waals surface area contributed by atoms with Crippen molar-refractivity contribution in [1.29, 1.82) is 0 Å². The molecular formula is C23H23F3N4O. The van der Waals surface area contributed by atoms with Gasteiger partial charge in [-0.3, -0.25) is 9.48 Å². The second kappa shape index (κ2) is 7.09. The summed E-state index contributed by atoms with van der Waals surface area (Å²) in [4.78, 5) is 14.4. The fourth-order valence-electron chi connectivity index (χ4n) is 5.23. The molecule has 2 aliphatic rings. The Morgan fingerprint density at radius 1 is 1.03 bits per heavy atom. The lowest BCUT2D eigenvalue weighted by Crippen LogP contribution is -2.40. The van der Waals surface area contributed by atoms with Crippen molar-refractivity contribution in [3.8, 4) is 11.1 Å². The predicted octanol–water partition coefficient (Wildman–Crippen LogP) is 4.62. The summed E-state index contributed by atoms with van der Waals surface area (Å²) in [6.45, 7) is 0. The van der Waals surface area contributed by atoms with Crippen LogP contribution in [0.2, 0.25) is 0 Å². The third kappa shape index (κ3) is 3.39. The molecule has 2 unspecified atom stereocenters. The molecule has 8 heteroatoms. The van der Waals surface area contributed by atoms with E-state index in [0.717, 1.165) is 43.3 Å². The molecule has 0 aliphatic carbocycles. The Hall–Kier alpha value is -2.87. The minimum absolute atomic E-state index is 0.126. The summed E-state index contributed by atoms with van der Waals surface area (Å²) >= 11 is 0. The van der Waals surface area contributed by atoms with Gasteiger partial charge in [0.15, 0.2) is 5.69 Å². The van der Waals surface area contributed by atoms with Gasteiger partial charge in [0.1, 0.15) is 0 Å². The normalized spacial score (nSPS) is 24.1. The molecule has 2 aromatic carbocycles. The van der Waals surface area contributed by atoms with E-state index in [1.54, 1.807) is 18.2 Å². The van der Waals surface area contributed by atoms with E-state index in [1.165, 1.54) is 6.07 Å². The monoisotopic (exact) mass is 428 g/mol. The zero-order valence-electron chi connectivity index (χ0n) is 17.1. The van der Waals surface area contributed by atoms with Gasteiger partial charge >= 0.3 is 6.18 Å². The van der Waals surface area contributed by atoms with Crippen LogP contribution in [0.25, 0.3) is 22.0 Å². The third-order valence-electron chi connectivity index (χ3n) is 6.88. The summed E-state index contributed by atoms with van der Waals surface area (Å²) in [5, 5.41) is 5.20. The van der Waals surface area contributed by atoms with Crippen LogP contribution in [-0.2, 0) is 6.18 Å². The Bertz CT molecular complexity index is 1160. The Morgan fingerprint density at radius 3 is 2.35 bits per heavy atom. The SMILES string of the molecule is CN1C2CCC1CC(n1nc(C(N)=O)c3ccc(-c4cccc(C(F)(F)F)c4)cc31)C2. The van der Waals surface area contributed by atoms with E-state index < -0.39 is 17.6 Å². The zero-order valence-corrected chi connectivity index (χ0v) is 17.1. The van der Waals surface area contributed by atoms with Gasteiger partial charge in [-0.15, -0.1) is 0 Å². The first-order chi connectivity index (χ1) is 14.7. The van der Waals surface area contributed by atoms with Crippen LogP contribution in [0.15, 0.2) is 42.5 Å². The summed E-state index contributed by atoms with van der Waals surface area (Å²) in [5.74, 6) is -0.605. The minimum Gasteiger partial charge on any atom is -0.364 e. The molecule has 1 aromatic heterocycles. The highest BCUT2D eigenvalue weighted by molar-refractivity contribution is 6.05. The molecule has 1 amide bonds. The van der Waals surface area contributed by atoms with E-state index in [9.17, 15) is 18.0 Å². The molecule has 5 rings (SSSR count). The van der Waals surface area contributed by atoms with Crippen molar-refractivity contribution in [1.82, 2.24) is 14.7 Å². The Balaban J connectivity index is 1.61. The Kier molecular flexibility index (Phi) is 4.58. The maximum absolute atomic E-state index is 13.2. The Morgan fingerprint density at radius 2 is 1.71 bits per heavy atom. The van der Waals surface area contributed by atoms with Crippen molar-refractivity contribution >= 4 is 16.8 Å². The molecule has 0 spiro atoms. The maximum Gasteiger partial charge on any atom is 0.416 e. The molecule has 2 N–H and O–H groups in total. The topological polar surface area (TPSA) is 64.2 Å². The third-order valence-corrected chi connectivity index (χ3v) is 6.88. The standard InChI is InChI=1S/C23H23F3N4O/c1-29-16-6-7-17(29)12-18(11-16)30-20-10-14(5-8-19(20)21(28-30)22(27)31)13-3-2-4-15(9-13)23(24,25)26/h2-5,8-10,16-18H,6-7,11-12H2,1H3,(H2,27,31). The molecule has 3 heterocycles. The van der Waals surface area contributed by atoms with Gasteiger partial charge in [-0.05, 0) is 68.1 Å². The molecule has 2 saturated heterocycles. The number of nitrogens with two attached hydrogens (primary N) is 1. The van der Waals surface area contributed by atoms with Gasteiger partial charge in [0.25, 0.3) is 5.91 Å². The number of benzene rings is 2. The van der Waals surface area contributed by atoms with E-state index in [2.05, 4.69) is 17.0 Å². The molecule has 2 fully saturated rings. The fraction of sp³-hybridized carbons (Fsp3) is 0.391. The second-order valence-electron chi connectivity index (χ2n) is 8.64. The van der Waals surface area contributed by atoms with E-state index in [4.69, 9.17) is 5.73 Å². The number of rotatable bonds is 3. The quantitative estimate of drug-likeness (QED) is 0.662. The number of piperidine rings is 1. The number of hydrogen-bond donors (Lipinski definition) is 1. The van der Waals surface area contributed by atoms with Crippen LogP contribution in [0.4, 0.5) is 13.2 Å². The summed E-state index contributed by atoms with van der Waals surface area (Å²) in [7, 11) is 2.15. The number of primary amides is 1. The molecule has 162 valence electrons. The van der Waals surface area contributed by atoms with Gasteiger partial charge in [0.2, 0.25) is 0 Å². The average Bonchev–Trinajstić information content (AvgIpc) is 3.19.